The molecule has 0 saturated heterocycles. The fraction of sp³-hybridized carbons (Fsp3) is 1.00. The molecule has 0 aliphatic heterocycles. The first kappa shape index (κ1) is 8.96. The SMILES string of the molecule is CCC1CC1CNS(N)(=O)=O. The molecule has 1 aliphatic rings. The number of nitrogens with two attached hydrogens (primary N) is 1. The molecule has 1 aliphatic carbocycles. The van der Waals surface area contributed by atoms with Crippen LogP contribution in [0.5, 0.6) is 0 Å². The summed E-state index contributed by atoms with van der Waals surface area (Å²) in [5.41, 5.74) is 0. The maximum Gasteiger partial charge on any atom is 0.274 e. The van der Waals surface area contributed by atoms with E-state index in [2.05, 4.69) is 11.6 Å². The highest BCUT2D eigenvalue weighted by atomic mass is 32.2. The van der Waals surface area contributed by atoms with Gasteiger partial charge in [-0.1, -0.05) is 13.3 Å². The van der Waals surface area contributed by atoms with Gasteiger partial charge in [-0.15, -0.1) is 0 Å². The molecule has 4 nitrogen and oxygen atoms in total. The zero-order valence-corrected chi connectivity index (χ0v) is 7.39. The summed E-state index contributed by atoms with van der Waals surface area (Å²) in [7, 11) is -3.46. The maximum absolute atomic E-state index is 10.4. The van der Waals surface area contributed by atoms with Crippen LogP contribution < -0.4 is 9.86 Å². The van der Waals surface area contributed by atoms with Crippen LogP contribution in [0.1, 0.15) is 19.8 Å². The summed E-state index contributed by atoms with van der Waals surface area (Å²) in [6.45, 7) is 2.62. The Hall–Kier alpha value is -0.130. The van der Waals surface area contributed by atoms with Crippen LogP contribution in [0.4, 0.5) is 0 Å². The molecule has 1 fully saturated rings. The predicted molar refractivity (Wildman–Crippen MR) is 43.0 cm³/mol. The van der Waals surface area contributed by atoms with Crippen LogP contribution in [-0.2, 0) is 10.2 Å². The lowest BCUT2D eigenvalue weighted by Gasteiger charge is -1.98. The molecule has 0 amide bonds. The van der Waals surface area contributed by atoms with E-state index in [9.17, 15) is 8.42 Å². The Kier molecular flexibility index (Phi) is 2.51. The minimum atomic E-state index is -3.46. The van der Waals surface area contributed by atoms with Crippen molar-refractivity contribution in [2.45, 2.75) is 19.8 Å². The third-order valence-electron chi connectivity index (χ3n) is 2.14. The monoisotopic (exact) mass is 178 g/mol. The highest BCUT2D eigenvalue weighted by Gasteiger charge is 2.35. The highest BCUT2D eigenvalue weighted by molar-refractivity contribution is 7.87. The van der Waals surface area contributed by atoms with E-state index in [-0.39, 0.29) is 0 Å². The van der Waals surface area contributed by atoms with Crippen molar-refractivity contribution in [3.8, 4) is 0 Å². The number of hydrogen-bond acceptors (Lipinski definition) is 2. The van der Waals surface area contributed by atoms with Gasteiger partial charge in [0.2, 0.25) is 0 Å². The zero-order chi connectivity index (χ0) is 8.48. The predicted octanol–water partition coefficient (Wildman–Crippen LogP) is -0.174. The van der Waals surface area contributed by atoms with Crippen LogP contribution in [0, 0.1) is 11.8 Å². The van der Waals surface area contributed by atoms with Crippen LogP contribution >= 0.6 is 0 Å². The van der Waals surface area contributed by atoms with Crippen LogP contribution in [-0.4, -0.2) is 15.0 Å². The smallest absolute Gasteiger partial charge is 0.216 e. The molecule has 1 rings (SSSR count). The summed E-state index contributed by atoms with van der Waals surface area (Å²) in [5, 5.41) is 4.76. The van der Waals surface area contributed by atoms with E-state index in [0.29, 0.717) is 18.4 Å². The standard InChI is InChI=1S/C6H14N2O2S/c1-2-5-3-6(5)4-8-11(7,9)10/h5-6,8H,2-4H2,1H3,(H2,7,9,10). The summed E-state index contributed by atoms with van der Waals surface area (Å²) in [4.78, 5) is 0. The molecule has 5 heteroatoms. The van der Waals surface area contributed by atoms with Crippen molar-refractivity contribution in [1.29, 1.82) is 0 Å². The minimum Gasteiger partial charge on any atom is -0.216 e. The largest absolute Gasteiger partial charge is 0.274 e. The summed E-state index contributed by atoms with van der Waals surface area (Å²) in [6.07, 6.45) is 2.27. The molecule has 0 aromatic rings. The van der Waals surface area contributed by atoms with Crippen molar-refractivity contribution in [3.05, 3.63) is 0 Å². The van der Waals surface area contributed by atoms with E-state index in [1.54, 1.807) is 0 Å². The Labute approximate surface area is 67.3 Å². The quantitative estimate of drug-likeness (QED) is 0.627. The molecule has 3 N–H and O–H groups in total. The molecule has 0 spiro atoms. The van der Waals surface area contributed by atoms with E-state index in [0.717, 1.165) is 12.8 Å². The average molecular weight is 178 g/mol. The van der Waals surface area contributed by atoms with Crippen molar-refractivity contribution in [2.24, 2.45) is 17.0 Å². The first-order chi connectivity index (χ1) is 5.03. The van der Waals surface area contributed by atoms with Crippen LogP contribution in [0.25, 0.3) is 0 Å². The molecular formula is C6H14N2O2S. The van der Waals surface area contributed by atoms with Crippen molar-refractivity contribution in [2.75, 3.05) is 6.54 Å². The lowest BCUT2D eigenvalue weighted by atomic mass is 10.3. The van der Waals surface area contributed by atoms with E-state index in [4.69, 9.17) is 5.14 Å². The van der Waals surface area contributed by atoms with Gasteiger partial charge in [0.15, 0.2) is 0 Å². The first-order valence-corrected chi connectivity index (χ1v) is 5.35. The second-order valence-electron chi connectivity index (χ2n) is 3.06. The van der Waals surface area contributed by atoms with Crippen molar-refractivity contribution >= 4 is 10.2 Å². The van der Waals surface area contributed by atoms with Gasteiger partial charge < -0.3 is 0 Å². The van der Waals surface area contributed by atoms with Crippen LogP contribution in [0.15, 0.2) is 0 Å². The summed E-state index contributed by atoms with van der Waals surface area (Å²) < 4.78 is 23.1. The Morgan fingerprint density at radius 1 is 1.55 bits per heavy atom. The fourth-order valence-corrected chi connectivity index (χ4v) is 1.73. The molecule has 0 aromatic heterocycles. The molecule has 2 unspecified atom stereocenters. The third kappa shape index (κ3) is 3.18. The molecule has 0 heterocycles. The Morgan fingerprint density at radius 2 is 2.18 bits per heavy atom. The highest BCUT2D eigenvalue weighted by Crippen LogP contribution is 2.40. The van der Waals surface area contributed by atoms with Crippen molar-refractivity contribution in [1.82, 2.24) is 4.72 Å². The molecule has 66 valence electrons. The summed E-state index contributed by atoms with van der Waals surface area (Å²) in [6, 6.07) is 0. The first-order valence-electron chi connectivity index (χ1n) is 3.80. The summed E-state index contributed by atoms with van der Waals surface area (Å²) >= 11 is 0. The van der Waals surface area contributed by atoms with Gasteiger partial charge in [0, 0.05) is 6.54 Å². The maximum atomic E-state index is 10.4. The van der Waals surface area contributed by atoms with Gasteiger partial charge in [0.1, 0.15) is 0 Å². The average Bonchev–Trinajstić information content (AvgIpc) is 2.60. The lowest BCUT2D eigenvalue weighted by Crippen LogP contribution is -2.32. The Balaban J connectivity index is 2.16. The topological polar surface area (TPSA) is 72.2 Å². The minimum absolute atomic E-state index is 0.511. The second-order valence-corrected chi connectivity index (χ2v) is 4.44. The molecular weight excluding hydrogens is 164 g/mol. The van der Waals surface area contributed by atoms with Gasteiger partial charge in [-0.25, -0.2) is 9.86 Å². The molecule has 11 heavy (non-hydrogen) atoms. The third-order valence-corrected chi connectivity index (χ3v) is 2.71. The van der Waals surface area contributed by atoms with Gasteiger partial charge >= 0.3 is 0 Å². The number of hydrogen-bond donors (Lipinski definition) is 2. The van der Waals surface area contributed by atoms with Gasteiger partial charge in [-0.05, 0) is 18.3 Å². The lowest BCUT2D eigenvalue weighted by molar-refractivity contribution is 0.573. The summed E-state index contributed by atoms with van der Waals surface area (Å²) in [5.74, 6) is 1.24. The Bertz CT molecular complexity index is 225. The van der Waals surface area contributed by atoms with Gasteiger partial charge in [-0.3, -0.25) is 0 Å². The van der Waals surface area contributed by atoms with Crippen molar-refractivity contribution in [3.63, 3.8) is 0 Å². The fourth-order valence-electron chi connectivity index (χ4n) is 1.28. The molecule has 1 saturated carbocycles. The van der Waals surface area contributed by atoms with E-state index in [1.807, 2.05) is 0 Å². The molecule has 2 atom stereocenters. The second kappa shape index (κ2) is 3.08. The van der Waals surface area contributed by atoms with Crippen molar-refractivity contribution < 1.29 is 8.42 Å². The van der Waals surface area contributed by atoms with Crippen LogP contribution in [0.3, 0.4) is 0 Å². The number of nitrogens with one attached hydrogen (secondary N) is 1. The normalized spacial score (nSPS) is 30.4. The van der Waals surface area contributed by atoms with Gasteiger partial charge in [0.25, 0.3) is 10.2 Å². The van der Waals surface area contributed by atoms with E-state index in [1.165, 1.54) is 0 Å². The Morgan fingerprint density at radius 3 is 2.55 bits per heavy atom. The van der Waals surface area contributed by atoms with E-state index < -0.39 is 10.2 Å². The molecule has 0 aromatic carbocycles. The number of rotatable bonds is 4. The van der Waals surface area contributed by atoms with E-state index >= 15 is 0 Å². The molecule has 0 radical (unpaired) electrons. The zero-order valence-electron chi connectivity index (χ0n) is 6.58. The van der Waals surface area contributed by atoms with Crippen LogP contribution in [0.2, 0.25) is 0 Å². The van der Waals surface area contributed by atoms with Gasteiger partial charge in [0.05, 0.1) is 0 Å². The molecule has 0 bridgehead atoms. The van der Waals surface area contributed by atoms with Gasteiger partial charge in [-0.2, -0.15) is 8.42 Å².